The van der Waals surface area contributed by atoms with Gasteiger partial charge < -0.3 is 19.5 Å². The van der Waals surface area contributed by atoms with Crippen LogP contribution in [0.5, 0.6) is 11.5 Å². The summed E-state index contributed by atoms with van der Waals surface area (Å²) in [6.07, 6.45) is 3.35. The van der Waals surface area contributed by atoms with Crippen molar-refractivity contribution in [2.75, 3.05) is 7.05 Å². The molecule has 2 fully saturated rings. The number of hydrogen-bond donors (Lipinski definition) is 1. The van der Waals surface area contributed by atoms with Gasteiger partial charge in [-0.15, -0.1) is 0 Å². The Kier molecular flexibility index (Phi) is 4.97. The summed E-state index contributed by atoms with van der Waals surface area (Å²) in [5, 5.41) is 9.60. The molecule has 1 atom stereocenters. The molecule has 5 nitrogen and oxygen atoms in total. The highest BCUT2D eigenvalue weighted by Crippen LogP contribution is 2.52. The quantitative estimate of drug-likeness (QED) is 0.719. The normalized spacial score (nSPS) is 31.0. The van der Waals surface area contributed by atoms with Crippen LogP contribution in [0.2, 0.25) is 5.02 Å². The summed E-state index contributed by atoms with van der Waals surface area (Å²) in [6.45, 7) is 3.55. The van der Waals surface area contributed by atoms with Crippen LogP contribution in [0.25, 0.3) is 0 Å². The SMILES string of the molecule is Cc1c(C(=O)O)cc(Cl)c2c1OC(C)(C1CCC(N(C)C3CC(F)(F)C3)CC1)O2. The number of rotatable bonds is 4. The average Bonchev–Trinajstić information content (AvgIpc) is 3.02. The Hall–Kier alpha value is -1.60. The first-order valence-corrected chi connectivity index (χ1v) is 10.4. The third-order valence-corrected chi connectivity index (χ3v) is 7.22. The van der Waals surface area contributed by atoms with E-state index in [2.05, 4.69) is 4.90 Å². The Labute approximate surface area is 173 Å². The lowest BCUT2D eigenvalue weighted by Crippen LogP contribution is -2.54. The molecule has 160 valence electrons. The molecule has 4 rings (SSSR count). The summed E-state index contributed by atoms with van der Waals surface area (Å²) in [4.78, 5) is 13.6. The minimum atomic E-state index is -2.51. The predicted octanol–water partition coefficient (Wildman–Crippen LogP) is 5.12. The number of aromatic carboxylic acids is 1. The van der Waals surface area contributed by atoms with Gasteiger partial charge in [0.25, 0.3) is 11.7 Å². The summed E-state index contributed by atoms with van der Waals surface area (Å²) in [6, 6.07) is 1.64. The number of fused-ring (bicyclic) bond motifs is 1. The molecule has 0 amide bonds. The number of hydrogen-bond acceptors (Lipinski definition) is 4. The van der Waals surface area contributed by atoms with Gasteiger partial charge >= 0.3 is 5.97 Å². The van der Waals surface area contributed by atoms with E-state index in [1.165, 1.54) is 6.07 Å². The van der Waals surface area contributed by atoms with Crippen LogP contribution in [0.3, 0.4) is 0 Å². The van der Waals surface area contributed by atoms with Crippen molar-refractivity contribution in [1.29, 1.82) is 0 Å². The maximum atomic E-state index is 13.2. The average molecular weight is 430 g/mol. The van der Waals surface area contributed by atoms with E-state index in [9.17, 15) is 18.7 Å². The van der Waals surface area contributed by atoms with Gasteiger partial charge in [-0.05, 0) is 45.7 Å². The molecular weight excluding hydrogens is 404 g/mol. The number of carboxylic acid groups (broad SMARTS) is 1. The molecule has 0 aromatic heterocycles. The van der Waals surface area contributed by atoms with Gasteiger partial charge in [0.1, 0.15) is 0 Å². The minimum absolute atomic E-state index is 0.0405. The van der Waals surface area contributed by atoms with E-state index in [1.54, 1.807) is 6.92 Å². The summed E-state index contributed by atoms with van der Waals surface area (Å²) in [5.74, 6) is -3.59. The van der Waals surface area contributed by atoms with E-state index < -0.39 is 17.7 Å². The molecule has 1 heterocycles. The topological polar surface area (TPSA) is 59.0 Å². The molecule has 1 aromatic rings. The van der Waals surface area contributed by atoms with Gasteiger partial charge in [0.2, 0.25) is 0 Å². The van der Waals surface area contributed by atoms with Crippen LogP contribution >= 0.6 is 11.6 Å². The van der Waals surface area contributed by atoms with Crippen LogP contribution in [-0.4, -0.2) is 46.8 Å². The fraction of sp³-hybridized carbons (Fsp3) is 0.667. The molecule has 0 spiro atoms. The number of ether oxygens (including phenoxy) is 2. The van der Waals surface area contributed by atoms with Crippen molar-refractivity contribution in [3.63, 3.8) is 0 Å². The summed E-state index contributed by atoms with van der Waals surface area (Å²) >= 11 is 6.27. The first kappa shape index (κ1) is 20.7. The van der Waals surface area contributed by atoms with Gasteiger partial charge in [0.15, 0.2) is 11.5 Å². The van der Waals surface area contributed by atoms with Crippen LogP contribution in [0.15, 0.2) is 6.07 Å². The highest BCUT2D eigenvalue weighted by Gasteiger charge is 2.50. The summed E-state index contributed by atoms with van der Waals surface area (Å²) in [7, 11) is 1.95. The molecular formula is C21H26ClF2NO4. The zero-order valence-electron chi connectivity index (χ0n) is 16.8. The molecule has 2 aliphatic carbocycles. The fourth-order valence-electron chi connectivity index (χ4n) is 4.96. The lowest BCUT2D eigenvalue weighted by atomic mass is 9.79. The first-order chi connectivity index (χ1) is 13.5. The second kappa shape index (κ2) is 6.98. The maximum Gasteiger partial charge on any atom is 0.336 e. The van der Waals surface area contributed by atoms with Crippen LogP contribution in [0.4, 0.5) is 8.78 Å². The Bertz CT molecular complexity index is 832. The van der Waals surface area contributed by atoms with Crippen LogP contribution < -0.4 is 9.47 Å². The number of benzene rings is 1. The smallest absolute Gasteiger partial charge is 0.336 e. The number of alkyl halides is 2. The molecule has 29 heavy (non-hydrogen) atoms. The van der Waals surface area contributed by atoms with Crippen LogP contribution in [0.1, 0.15) is 61.4 Å². The van der Waals surface area contributed by atoms with Gasteiger partial charge in [0, 0.05) is 43.3 Å². The molecule has 1 aliphatic heterocycles. The molecule has 1 N–H and O–H groups in total. The molecule has 0 bridgehead atoms. The second-order valence-electron chi connectivity index (χ2n) is 8.80. The Balaban J connectivity index is 1.43. The lowest BCUT2D eigenvalue weighted by molar-refractivity contribution is -0.141. The van der Waals surface area contributed by atoms with Gasteiger partial charge in [-0.1, -0.05) is 11.6 Å². The van der Waals surface area contributed by atoms with E-state index in [4.69, 9.17) is 21.1 Å². The van der Waals surface area contributed by atoms with Gasteiger partial charge in [-0.3, -0.25) is 0 Å². The van der Waals surface area contributed by atoms with Crippen molar-refractivity contribution in [2.45, 2.75) is 76.2 Å². The van der Waals surface area contributed by atoms with Crippen molar-refractivity contribution >= 4 is 17.6 Å². The number of carboxylic acids is 1. The van der Waals surface area contributed by atoms with E-state index in [0.717, 1.165) is 25.7 Å². The lowest BCUT2D eigenvalue weighted by Gasteiger charge is -2.47. The van der Waals surface area contributed by atoms with Gasteiger partial charge in [-0.2, -0.15) is 0 Å². The monoisotopic (exact) mass is 429 g/mol. The second-order valence-corrected chi connectivity index (χ2v) is 9.21. The predicted molar refractivity (Wildman–Crippen MR) is 104 cm³/mol. The highest BCUT2D eigenvalue weighted by molar-refractivity contribution is 6.32. The molecule has 1 unspecified atom stereocenters. The molecule has 8 heteroatoms. The Morgan fingerprint density at radius 2 is 1.76 bits per heavy atom. The van der Waals surface area contributed by atoms with E-state index in [1.807, 2.05) is 14.0 Å². The Morgan fingerprint density at radius 3 is 2.31 bits per heavy atom. The van der Waals surface area contributed by atoms with E-state index in [0.29, 0.717) is 17.1 Å². The summed E-state index contributed by atoms with van der Waals surface area (Å²) < 4.78 is 38.7. The van der Waals surface area contributed by atoms with Crippen molar-refractivity contribution in [3.05, 3.63) is 22.2 Å². The van der Waals surface area contributed by atoms with Crippen molar-refractivity contribution in [1.82, 2.24) is 4.90 Å². The Morgan fingerprint density at radius 1 is 1.17 bits per heavy atom. The zero-order chi connectivity index (χ0) is 21.1. The molecule has 2 saturated carbocycles. The standard InChI is InChI=1S/C21H26ClF2NO4/c1-11-15(19(26)27)8-16(22)18-17(11)28-20(2,29-18)12-4-6-13(7-5-12)25(3)14-9-21(23,24)10-14/h8,12-14H,4-7,9-10H2,1-3H3,(H,26,27). The molecule has 0 saturated heterocycles. The van der Waals surface area contributed by atoms with Crippen LogP contribution in [-0.2, 0) is 0 Å². The molecule has 1 aromatic carbocycles. The largest absolute Gasteiger partial charge is 0.478 e. The zero-order valence-corrected chi connectivity index (χ0v) is 17.6. The van der Waals surface area contributed by atoms with Crippen LogP contribution in [0, 0.1) is 12.8 Å². The third kappa shape index (κ3) is 3.56. The van der Waals surface area contributed by atoms with Gasteiger partial charge in [-0.25, -0.2) is 13.6 Å². The van der Waals surface area contributed by atoms with Crippen molar-refractivity contribution in [3.8, 4) is 11.5 Å². The van der Waals surface area contributed by atoms with Crippen molar-refractivity contribution in [2.24, 2.45) is 5.92 Å². The highest BCUT2D eigenvalue weighted by atomic mass is 35.5. The number of nitrogens with zero attached hydrogens (tertiary/aromatic N) is 1. The minimum Gasteiger partial charge on any atom is -0.478 e. The van der Waals surface area contributed by atoms with Crippen molar-refractivity contribution < 1.29 is 28.2 Å². The van der Waals surface area contributed by atoms with E-state index >= 15 is 0 Å². The van der Waals surface area contributed by atoms with Gasteiger partial charge in [0.05, 0.1) is 10.6 Å². The molecule has 0 radical (unpaired) electrons. The number of halogens is 3. The fourth-order valence-corrected chi connectivity index (χ4v) is 5.19. The maximum absolute atomic E-state index is 13.2. The third-order valence-electron chi connectivity index (χ3n) is 6.94. The van der Waals surface area contributed by atoms with E-state index in [-0.39, 0.29) is 41.4 Å². The number of carbonyl (C=O) groups is 1. The first-order valence-electron chi connectivity index (χ1n) is 10.0. The summed E-state index contributed by atoms with van der Waals surface area (Å²) in [5.41, 5.74) is 0.601. The molecule has 3 aliphatic rings.